The number of pyridine rings is 1. The van der Waals surface area contributed by atoms with Gasteiger partial charge in [0.25, 0.3) is 0 Å². The van der Waals surface area contributed by atoms with Crippen LogP contribution in [0.1, 0.15) is 16.7 Å². The largest absolute Gasteiger partial charge is 0.487 e. The van der Waals surface area contributed by atoms with Crippen molar-refractivity contribution in [2.45, 2.75) is 19.0 Å². The normalized spacial score (nSPS) is 12.3. The molecule has 22 heavy (non-hydrogen) atoms. The molecule has 0 spiro atoms. The fraction of sp³-hybridized carbons (Fsp3) is 0.214. The van der Waals surface area contributed by atoms with Gasteiger partial charge in [0, 0.05) is 6.20 Å². The van der Waals surface area contributed by atoms with Crippen molar-refractivity contribution in [3.05, 3.63) is 59.4 Å². The molecule has 2 nitrogen and oxygen atoms in total. The number of hydrogen-bond acceptors (Lipinski definition) is 2. The molecule has 0 bridgehead atoms. The van der Waals surface area contributed by atoms with Gasteiger partial charge in [-0.1, -0.05) is 0 Å². The first-order chi connectivity index (χ1) is 10.2. The summed E-state index contributed by atoms with van der Waals surface area (Å²) in [5.41, 5.74) is -2.97. The summed E-state index contributed by atoms with van der Waals surface area (Å²) in [6.45, 7) is -0.432. The van der Waals surface area contributed by atoms with E-state index in [0.29, 0.717) is 12.1 Å². The molecule has 2 rings (SSSR count). The van der Waals surface area contributed by atoms with Crippen LogP contribution in [0.2, 0.25) is 0 Å². The second-order valence-corrected chi connectivity index (χ2v) is 4.39. The molecule has 0 N–H and O–H groups in total. The van der Waals surface area contributed by atoms with E-state index in [-0.39, 0.29) is 17.4 Å². The van der Waals surface area contributed by atoms with Crippen molar-refractivity contribution in [1.29, 1.82) is 0 Å². The van der Waals surface area contributed by atoms with Crippen molar-refractivity contribution in [1.82, 2.24) is 4.98 Å². The van der Waals surface area contributed by atoms with Gasteiger partial charge in [-0.3, -0.25) is 4.98 Å². The SMILES string of the molecule is FC(F)(F)c1cc(COc2cccnc2)cc(C(F)(F)F)c1. The quantitative estimate of drug-likeness (QED) is 0.765. The summed E-state index contributed by atoms with van der Waals surface area (Å²) in [7, 11) is 0. The lowest BCUT2D eigenvalue weighted by Crippen LogP contribution is -2.12. The minimum Gasteiger partial charge on any atom is -0.487 e. The Kier molecular flexibility index (Phi) is 4.30. The average Bonchev–Trinajstić information content (AvgIpc) is 2.44. The highest BCUT2D eigenvalue weighted by molar-refractivity contribution is 5.33. The second-order valence-electron chi connectivity index (χ2n) is 4.39. The van der Waals surface area contributed by atoms with E-state index in [2.05, 4.69) is 4.98 Å². The lowest BCUT2D eigenvalue weighted by molar-refractivity contribution is -0.143. The molecule has 0 fully saturated rings. The van der Waals surface area contributed by atoms with Crippen molar-refractivity contribution < 1.29 is 31.1 Å². The molecule has 0 saturated carbocycles. The third-order valence-electron chi connectivity index (χ3n) is 2.69. The zero-order valence-corrected chi connectivity index (χ0v) is 10.9. The van der Waals surface area contributed by atoms with Crippen LogP contribution >= 0.6 is 0 Å². The molecule has 0 radical (unpaired) electrons. The zero-order chi connectivity index (χ0) is 16.4. The molecule has 0 saturated heterocycles. The maximum atomic E-state index is 12.7. The van der Waals surface area contributed by atoms with Gasteiger partial charge in [0.2, 0.25) is 0 Å². The highest BCUT2D eigenvalue weighted by Crippen LogP contribution is 2.36. The fourth-order valence-electron chi connectivity index (χ4n) is 1.70. The number of halogens is 6. The van der Waals surface area contributed by atoms with Gasteiger partial charge in [-0.25, -0.2) is 0 Å². The Balaban J connectivity index is 2.30. The van der Waals surface area contributed by atoms with Gasteiger partial charge in [0.1, 0.15) is 12.4 Å². The Hall–Kier alpha value is -2.25. The highest BCUT2D eigenvalue weighted by atomic mass is 19.4. The van der Waals surface area contributed by atoms with Crippen LogP contribution in [-0.2, 0) is 19.0 Å². The van der Waals surface area contributed by atoms with Gasteiger partial charge in [0.15, 0.2) is 0 Å². The van der Waals surface area contributed by atoms with Crippen LogP contribution in [-0.4, -0.2) is 4.98 Å². The van der Waals surface area contributed by atoms with Gasteiger partial charge >= 0.3 is 12.4 Å². The van der Waals surface area contributed by atoms with E-state index in [1.165, 1.54) is 24.5 Å². The highest BCUT2D eigenvalue weighted by Gasteiger charge is 2.36. The molecule has 1 heterocycles. The standard InChI is InChI=1S/C14H9F6NO/c15-13(16,17)10-4-9(5-11(6-10)14(18,19)20)8-22-12-2-1-3-21-7-12/h1-7H,8H2. The van der Waals surface area contributed by atoms with Gasteiger partial charge < -0.3 is 4.74 Å². The predicted molar refractivity (Wildman–Crippen MR) is 65.0 cm³/mol. The van der Waals surface area contributed by atoms with Gasteiger partial charge in [0.05, 0.1) is 17.3 Å². The molecule has 2 aromatic rings. The lowest BCUT2D eigenvalue weighted by atomic mass is 10.1. The first-order valence-electron chi connectivity index (χ1n) is 5.97. The number of rotatable bonds is 3. The minimum absolute atomic E-state index is 0.0770. The van der Waals surface area contributed by atoms with E-state index in [0.717, 1.165) is 0 Å². The van der Waals surface area contributed by atoms with Crippen LogP contribution in [0.15, 0.2) is 42.7 Å². The first-order valence-corrected chi connectivity index (χ1v) is 5.97. The topological polar surface area (TPSA) is 22.1 Å². The van der Waals surface area contributed by atoms with Gasteiger partial charge in [-0.15, -0.1) is 0 Å². The summed E-state index contributed by atoms with van der Waals surface area (Å²) in [6, 6.07) is 4.36. The van der Waals surface area contributed by atoms with E-state index in [1.807, 2.05) is 0 Å². The number of ether oxygens (including phenoxy) is 1. The molecule has 1 aromatic heterocycles. The number of aromatic nitrogens is 1. The average molecular weight is 321 g/mol. The van der Waals surface area contributed by atoms with Crippen molar-refractivity contribution in [2.75, 3.05) is 0 Å². The van der Waals surface area contributed by atoms with E-state index < -0.39 is 30.1 Å². The van der Waals surface area contributed by atoms with Crippen LogP contribution in [0.5, 0.6) is 5.75 Å². The van der Waals surface area contributed by atoms with E-state index in [1.54, 1.807) is 0 Å². The van der Waals surface area contributed by atoms with Crippen LogP contribution in [0.4, 0.5) is 26.3 Å². The van der Waals surface area contributed by atoms with Crippen molar-refractivity contribution in [3.8, 4) is 5.75 Å². The monoisotopic (exact) mass is 321 g/mol. The summed E-state index contributed by atoms with van der Waals surface area (Å²) < 4.78 is 81.2. The Morgan fingerprint density at radius 2 is 1.50 bits per heavy atom. The van der Waals surface area contributed by atoms with E-state index in [4.69, 9.17) is 4.74 Å². The Labute approximate surface area is 121 Å². The number of nitrogens with zero attached hydrogens (tertiary/aromatic N) is 1. The third kappa shape index (κ3) is 4.12. The molecule has 8 heteroatoms. The van der Waals surface area contributed by atoms with Crippen molar-refractivity contribution in [2.24, 2.45) is 0 Å². The number of alkyl halides is 6. The van der Waals surface area contributed by atoms with Crippen molar-refractivity contribution >= 4 is 0 Å². The Morgan fingerprint density at radius 1 is 0.909 bits per heavy atom. The summed E-state index contributed by atoms with van der Waals surface area (Å²) in [4.78, 5) is 3.73. The van der Waals surface area contributed by atoms with Crippen LogP contribution in [0.3, 0.4) is 0 Å². The third-order valence-corrected chi connectivity index (χ3v) is 2.69. The molecule has 0 aliphatic rings. The molecule has 0 aliphatic carbocycles. The molecule has 0 unspecified atom stereocenters. The zero-order valence-electron chi connectivity index (χ0n) is 10.9. The van der Waals surface area contributed by atoms with Crippen LogP contribution in [0, 0.1) is 0 Å². The molecular weight excluding hydrogens is 312 g/mol. The lowest BCUT2D eigenvalue weighted by Gasteiger charge is -2.14. The molecule has 0 amide bonds. The second kappa shape index (κ2) is 5.86. The van der Waals surface area contributed by atoms with Crippen molar-refractivity contribution in [3.63, 3.8) is 0 Å². The number of hydrogen-bond donors (Lipinski definition) is 0. The molecule has 1 aromatic carbocycles. The van der Waals surface area contributed by atoms with E-state index >= 15 is 0 Å². The number of benzene rings is 1. The van der Waals surface area contributed by atoms with Gasteiger partial charge in [-0.2, -0.15) is 26.3 Å². The fourth-order valence-corrected chi connectivity index (χ4v) is 1.70. The summed E-state index contributed by atoms with van der Waals surface area (Å²) in [5.74, 6) is 0.244. The molecular formula is C14H9F6NO. The maximum Gasteiger partial charge on any atom is 0.416 e. The molecule has 118 valence electrons. The summed E-state index contributed by atoms with van der Waals surface area (Å²) in [6.07, 6.45) is -6.98. The maximum absolute atomic E-state index is 12.7. The minimum atomic E-state index is -4.87. The smallest absolute Gasteiger partial charge is 0.416 e. The van der Waals surface area contributed by atoms with E-state index in [9.17, 15) is 26.3 Å². The Bertz CT molecular complexity index is 604. The summed E-state index contributed by atoms with van der Waals surface area (Å²) in [5, 5.41) is 0. The van der Waals surface area contributed by atoms with Crippen LogP contribution < -0.4 is 4.74 Å². The molecule has 0 aliphatic heterocycles. The predicted octanol–water partition coefficient (Wildman–Crippen LogP) is 4.70. The molecule has 0 atom stereocenters. The first kappa shape index (κ1) is 16.1. The van der Waals surface area contributed by atoms with Crippen LogP contribution in [0.25, 0.3) is 0 Å². The van der Waals surface area contributed by atoms with Gasteiger partial charge in [-0.05, 0) is 35.9 Å². The summed E-state index contributed by atoms with van der Waals surface area (Å²) >= 11 is 0. The Morgan fingerprint density at radius 3 is 1.95 bits per heavy atom.